The number of ether oxygens (including phenoxy) is 2. The van der Waals surface area contributed by atoms with Crippen molar-refractivity contribution in [2.75, 3.05) is 12.0 Å². The first-order valence-corrected chi connectivity index (χ1v) is 8.53. The summed E-state index contributed by atoms with van der Waals surface area (Å²) in [5.41, 5.74) is 8.14. The summed E-state index contributed by atoms with van der Waals surface area (Å²) in [5.74, 6) is -1.37. The van der Waals surface area contributed by atoms with Crippen LogP contribution in [0, 0.1) is 11.3 Å². The number of alkyl halides is 1. The average Bonchev–Trinajstić information content (AvgIpc) is 2.96. The number of amides is 1. The van der Waals surface area contributed by atoms with E-state index in [2.05, 4.69) is 4.74 Å². The highest BCUT2D eigenvalue weighted by Gasteiger charge is 2.86. The Morgan fingerprint density at radius 1 is 1.29 bits per heavy atom. The first kappa shape index (κ1) is 18.6. The summed E-state index contributed by atoms with van der Waals surface area (Å²) in [6.45, 7) is 0. The van der Waals surface area contributed by atoms with Crippen LogP contribution in [-0.4, -0.2) is 64.4 Å². The molecule has 0 aromatic carbocycles. The molecule has 0 spiro atoms. The number of carboxylic acid groups (broad SMARTS) is 2. The lowest BCUT2D eigenvalue weighted by atomic mass is 9.74. The number of rotatable bonds is 7. The lowest BCUT2D eigenvalue weighted by Gasteiger charge is -2.38. The summed E-state index contributed by atoms with van der Waals surface area (Å²) in [5, 5.41) is 17.8. The second-order valence-electron chi connectivity index (χ2n) is 5.98. The third-order valence-corrected chi connectivity index (χ3v) is 5.60. The first-order chi connectivity index (χ1) is 11.1. The Morgan fingerprint density at radius 3 is 2.29 bits per heavy atom. The summed E-state index contributed by atoms with van der Waals surface area (Å²) in [6, 6.07) is 0. The maximum absolute atomic E-state index is 14.3. The second kappa shape index (κ2) is 6.28. The van der Waals surface area contributed by atoms with Gasteiger partial charge in [-0.1, -0.05) is 0 Å². The Labute approximate surface area is 140 Å². The van der Waals surface area contributed by atoms with Crippen LogP contribution in [0.5, 0.6) is 0 Å². The van der Waals surface area contributed by atoms with E-state index in [4.69, 9.17) is 26.4 Å². The van der Waals surface area contributed by atoms with Crippen LogP contribution < -0.4 is 11.5 Å². The minimum Gasteiger partial charge on any atom is -0.450 e. The lowest BCUT2D eigenvalue weighted by Crippen LogP contribution is -2.64. The van der Waals surface area contributed by atoms with Crippen molar-refractivity contribution in [2.45, 2.75) is 36.8 Å². The molecule has 0 radical (unpaired) electrons. The number of nitrogens with two attached hydrogens (primary N) is 2. The van der Waals surface area contributed by atoms with E-state index >= 15 is 0 Å². The molecular weight excluding hydrogens is 347 g/mol. The molecule has 11 heteroatoms. The van der Waals surface area contributed by atoms with Gasteiger partial charge in [0.15, 0.2) is 0 Å². The molecule has 0 aromatic rings. The van der Waals surface area contributed by atoms with Gasteiger partial charge in [0.1, 0.15) is 23.9 Å². The van der Waals surface area contributed by atoms with Crippen molar-refractivity contribution in [1.82, 2.24) is 0 Å². The molecule has 24 heavy (non-hydrogen) atoms. The Balaban J connectivity index is 2.48. The Kier molecular flexibility index (Phi) is 4.86. The fourth-order valence-electron chi connectivity index (χ4n) is 4.03. The van der Waals surface area contributed by atoms with Gasteiger partial charge in [-0.05, 0) is 24.9 Å². The maximum atomic E-state index is 14.3. The van der Waals surface area contributed by atoms with Crippen molar-refractivity contribution in [3.63, 3.8) is 0 Å². The minimum atomic E-state index is -1.86. The number of hydrogen-bond donors (Lipinski definition) is 4. The summed E-state index contributed by atoms with van der Waals surface area (Å²) in [6.07, 6.45) is -6.33. The van der Waals surface area contributed by atoms with Crippen LogP contribution in [0.1, 0.15) is 12.8 Å². The lowest BCUT2D eigenvalue weighted by molar-refractivity contribution is -0.132. The zero-order valence-corrected chi connectivity index (χ0v) is 13.6. The van der Waals surface area contributed by atoms with Gasteiger partial charge in [0.2, 0.25) is 5.91 Å². The molecule has 2 aliphatic rings. The largest absolute Gasteiger partial charge is 0.506 e. The highest BCUT2D eigenvalue weighted by molar-refractivity contribution is 7.98. The number of halogens is 1. The monoisotopic (exact) mass is 366 g/mol. The van der Waals surface area contributed by atoms with Crippen molar-refractivity contribution in [1.29, 1.82) is 0 Å². The predicted octanol–water partition coefficient (Wildman–Crippen LogP) is 0.407. The topological polar surface area (TPSA) is 162 Å². The molecule has 6 N–H and O–H groups in total. The Morgan fingerprint density at radius 2 is 1.83 bits per heavy atom. The normalized spacial score (nSPS) is 36.3. The van der Waals surface area contributed by atoms with Crippen LogP contribution in [0.15, 0.2) is 0 Å². The van der Waals surface area contributed by atoms with Crippen LogP contribution >= 0.6 is 11.8 Å². The summed E-state index contributed by atoms with van der Waals surface area (Å²) >= 11 is 1.36. The van der Waals surface area contributed by atoms with Crippen molar-refractivity contribution >= 4 is 30.0 Å². The molecule has 1 unspecified atom stereocenters. The number of primary amides is 1. The molecule has 1 amide bonds. The molecule has 0 bridgehead atoms. The zero-order chi connectivity index (χ0) is 18.3. The van der Waals surface area contributed by atoms with E-state index in [0.717, 1.165) is 0 Å². The third kappa shape index (κ3) is 2.55. The van der Waals surface area contributed by atoms with Gasteiger partial charge in [0, 0.05) is 5.92 Å². The van der Waals surface area contributed by atoms with E-state index in [1.165, 1.54) is 11.8 Å². The fraction of sp³-hybridized carbons (Fsp3) is 0.769. The average molecular weight is 366 g/mol. The molecule has 0 aliphatic heterocycles. The van der Waals surface area contributed by atoms with Gasteiger partial charge < -0.3 is 31.2 Å². The van der Waals surface area contributed by atoms with Crippen molar-refractivity contribution in [2.24, 2.45) is 22.8 Å². The molecule has 2 saturated carbocycles. The van der Waals surface area contributed by atoms with E-state index in [9.17, 15) is 18.8 Å². The molecule has 0 saturated heterocycles. The quantitative estimate of drug-likeness (QED) is 0.467. The molecule has 6 atom stereocenters. The van der Waals surface area contributed by atoms with Crippen LogP contribution in [0.2, 0.25) is 0 Å². The van der Waals surface area contributed by atoms with E-state index in [1.807, 2.05) is 0 Å². The smallest absolute Gasteiger partial charge is 0.450 e. The molecular formula is C13H19FN2O7S. The second-order valence-corrected chi connectivity index (χ2v) is 6.96. The summed E-state index contributed by atoms with van der Waals surface area (Å²) in [7, 11) is 0. The standard InChI is InChI=1S/C13H19FN2O7S/c1-24-3-2-12(16,9(15)17)13-5(7(13)22-10(18)19)4-6(14)8(13)23-11(20)21/h5-8H,2-4,16H2,1H3,(H2,15,17)(H,18,19)(H,20,21)/t5-,6-,7-,8?,12+,13-/m0/s1. The number of carbonyl (C=O) groups excluding carboxylic acids is 1. The summed E-state index contributed by atoms with van der Waals surface area (Å²) < 4.78 is 23.7. The van der Waals surface area contributed by atoms with Crippen molar-refractivity contribution in [3.8, 4) is 0 Å². The predicted molar refractivity (Wildman–Crippen MR) is 80.3 cm³/mol. The molecule has 2 fully saturated rings. The number of fused-ring (bicyclic) bond motifs is 1. The minimum absolute atomic E-state index is 0.00563. The van der Waals surface area contributed by atoms with E-state index in [0.29, 0.717) is 5.75 Å². The molecule has 2 aliphatic carbocycles. The maximum Gasteiger partial charge on any atom is 0.506 e. The van der Waals surface area contributed by atoms with Crippen molar-refractivity contribution < 1.29 is 38.5 Å². The van der Waals surface area contributed by atoms with Gasteiger partial charge in [-0.2, -0.15) is 11.8 Å². The Hall–Kier alpha value is -1.75. The van der Waals surface area contributed by atoms with Gasteiger partial charge in [0.25, 0.3) is 0 Å². The number of thioether (sulfide) groups is 1. The van der Waals surface area contributed by atoms with E-state index in [-0.39, 0.29) is 12.8 Å². The van der Waals surface area contributed by atoms with Gasteiger partial charge in [-0.25, -0.2) is 14.0 Å². The molecule has 136 valence electrons. The highest BCUT2D eigenvalue weighted by Crippen LogP contribution is 2.71. The van der Waals surface area contributed by atoms with Crippen molar-refractivity contribution in [3.05, 3.63) is 0 Å². The van der Waals surface area contributed by atoms with Crippen LogP contribution in [0.25, 0.3) is 0 Å². The molecule has 0 aromatic heterocycles. The highest BCUT2D eigenvalue weighted by atomic mass is 32.2. The third-order valence-electron chi connectivity index (χ3n) is 4.99. The zero-order valence-electron chi connectivity index (χ0n) is 12.8. The Bertz CT molecular complexity index is 564. The van der Waals surface area contributed by atoms with E-state index < -0.39 is 53.5 Å². The van der Waals surface area contributed by atoms with Gasteiger partial charge in [-0.3, -0.25) is 4.79 Å². The summed E-state index contributed by atoms with van der Waals surface area (Å²) in [4.78, 5) is 33.9. The van der Waals surface area contributed by atoms with E-state index in [1.54, 1.807) is 6.26 Å². The molecule has 0 heterocycles. The number of carbonyl (C=O) groups is 3. The SMILES string of the molecule is CSCC[C@@](N)(C(N)=O)[C@@]12C(OC(=O)O)[C@@H](F)C[C@H]1[C@@H]2OC(=O)O. The first-order valence-electron chi connectivity index (χ1n) is 7.13. The van der Waals surface area contributed by atoms with Gasteiger partial charge in [0.05, 0.1) is 5.41 Å². The molecule has 2 rings (SSSR count). The molecule has 9 nitrogen and oxygen atoms in total. The van der Waals surface area contributed by atoms with Gasteiger partial charge >= 0.3 is 12.3 Å². The fourth-order valence-corrected chi connectivity index (χ4v) is 4.55. The van der Waals surface area contributed by atoms with Crippen LogP contribution in [-0.2, 0) is 14.3 Å². The number of hydrogen-bond acceptors (Lipinski definition) is 7. The van der Waals surface area contributed by atoms with Crippen LogP contribution in [0.3, 0.4) is 0 Å². The van der Waals surface area contributed by atoms with Gasteiger partial charge in [-0.15, -0.1) is 0 Å². The van der Waals surface area contributed by atoms with Crippen LogP contribution in [0.4, 0.5) is 14.0 Å².